The van der Waals surface area contributed by atoms with E-state index >= 15 is 0 Å². The van der Waals surface area contributed by atoms with Gasteiger partial charge in [0.15, 0.2) is 0 Å². The van der Waals surface area contributed by atoms with Gasteiger partial charge >= 0.3 is 5.97 Å². The van der Waals surface area contributed by atoms with Gasteiger partial charge < -0.3 is 9.64 Å². The summed E-state index contributed by atoms with van der Waals surface area (Å²) < 4.78 is 5.24. The molecule has 0 aromatic heterocycles. The van der Waals surface area contributed by atoms with Crippen LogP contribution in [0.15, 0.2) is 54.6 Å². The molecule has 22 heavy (non-hydrogen) atoms. The summed E-state index contributed by atoms with van der Waals surface area (Å²) in [4.78, 5) is 26.7. The number of carbonyl (C=O) groups excluding carboxylic acids is 2. The number of carbonyl (C=O) groups is 2. The average Bonchev–Trinajstić information content (AvgIpc) is 2.94. The van der Waals surface area contributed by atoms with Crippen molar-refractivity contribution in [2.24, 2.45) is 0 Å². The summed E-state index contributed by atoms with van der Waals surface area (Å²) >= 11 is 0. The van der Waals surface area contributed by atoms with Crippen LogP contribution in [0.1, 0.15) is 27.4 Å². The van der Waals surface area contributed by atoms with E-state index in [1.165, 1.54) is 0 Å². The van der Waals surface area contributed by atoms with Gasteiger partial charge in [0.2, 0.25) is 0 Å². The molecule has 2 aliphatic heterocycles. The lowest BCUT2D eigenvalue weighted by Gasteiger charge is -2.36. The topological polar surface area (TPSA) is 46.6 Å². The molecule has 1 amide bonds. The molecule has 0 bridgehead atoms. The fourth-order valence-electron chi connectivity index (χ4n) is 3.35. The Balaban J connectivity index is 1.77. The molecule has 1 fully saturated rings. The molecule has 0 saturated carbocycles. The van der Waals surface area contributed by atoms with Gasteiger partial charge in [-0.1, -0.05) is 48.5 Å². The van der Waals surface area contributed by atoms with Crippen LogP contribution in [0.3, 0.4) is 0 Å². The zero-order valence-corrected chi connectivity index (χ0v) is 11.9. The first-order valence-corrected chi connectivity index (χ1v) is 7.36. The molecule has 1 saturated heterocycles. The largest absolute Gasteiger partial charge is 0.463 e. The van der Waals surface area contributed by atoms with Gasteiger partial charge in [0.25, 0.3) is 5.91 Å². The van der Waals surface area contributed by atoms with Crippen LogP contribution in [0.2, 0.25) is 0 Å². The van der Waals surface area contributed by atoms with Crippen molar-refractivity contribution in [1.29, 1.82) is 0 Å². The van der Waals surface area contributed by atoms with Crippen molar-refractivity contribution < 1.29 is 14.3 Å². The molecule has 110 valence electrons. The lowest BCUT2D eigenvalue weighted by atomic mass is 9.84. The van der Waals surface area contributed by atoms with Crippen LogP contribution in [-0.2, 0) is 16.1 Å². The summed E-state index contributed by atoms with van der Waals surface area (Å²) in [7, 11) is 0. The van der Waals surface area contributed by atoms with Gasteiger partial charge in [0, 0.05) is 12.1 Å². The monoisotopic (exact) mass is 293 g/mol. The van der Waals surface area contributed by atoms with Gasteiger partial charge in [-0.3, -0.25) is 9.59 Å². The molecular weight excluding hydrogens is 278 g/mol. The third-order valence-corrected chi connectivity index (χ3v) is 4.42. The minimum absolute atomic E-state index is 0.0287. The Morgan fingerprint density at radius 2 is 1.73 bits per heavy atom. The molecular formula is C18H15NO3. The van der Waals surface area contributed by atoms with E-state index < -0.39 is 0 Å². The number of ether oxygens (including phenoxy) is 1. The van der Waals surface area contributed by atoms with Gasteiger partial charge in [-0.25, -0.2) is 0 Å². The molecule has 0 radical (unpaired) electrons. The summed E-state index contributed by atoms with van der Waals surface area (Å²) in [6.45, 7) is 0.766. The second-order valence-corrected chi connectivity index (χ2v) is 5.68. The fraction of sp³-hybridized carbons (Fsp3) is 0.222. The van der Waals surface area contributed by atoms with E-state index in [2.05, 4.69) is 0 Å². The van der Waals surface area contributed by atoms with Crippen LogP contribution < -0.4 is 0 Å². The van der Waals surface area contributed by atoms with Crippen molar-refractivity contribution in [2.45, 2.75) is 18.5 Å². The average molecular weight is 293 g/mol. The Kier molecular flexibility index (Phi) is 2.96. The highest BCUT2D eigenvalue weighted by Crippen LogP contribution is 2.38. The van der Waals surface area contributed by atoms with Gasteiger partial charge in [0.1, 0.15) is 12.5 Å². The molecule has 2 aromatic rings. The molecule has 0 spiro atoms. The molecule has 0 aliphatic carbocycles. The maximum Gasteiger partial charge on any atom is 0.315 e. The fourth-order valence-corrected chi connectivity index (χ4v) is 3.35. The van der Waals surface area contributed by atoms with E-state index in [9.17, 15) is 9.59 Å². The lowest BCUT2D eigenvalue weighted by molar-refractivity contribution is -0.139. The highest BCUT2D eigenvalue weighted by atomic mass is 16.5. The Morgan fingerprint density at radius 3 is 2.55 bits per heavy atom. The number of amides is 1. The summed E-state index contributed by atoms with van der Waals surface area (Å²) in [6.07, 6.45) is 0. The van der Waals surface area contributed by atoms with Crippen molar-refractivity contribution in [1.82, 2.24) is 4.90 Å². The van der Waals surface area contributed by atoms with Crippen molar-refractivity contribution in [2.75, 3.05) is 6.61 Å². The van der Waals surface area contributed by atoms with Crippen LogP contribution in [0.5, 0.6) is 0 Å². The maximum atomic E-state index is 12.8. The summed E-state index contributed by atoms with van der Waals surface area (Å²) in [5.41, 5.74) is 2.45. The predicted molar refractivity (Wildman–Crippen MR) is 80.2 cm³/mol. The van der Waals surface area contributed by atoms with Crippen LogP contribution in [0.25, 0.3) is 0 Å². The Morgan fingerprint density at radius 1 is 1.00 bits per heavy atom. The number of nitrogens with zero attached hydrogens (tertiary/aromatic N) is 1. The molecule has 2 atom stereocenters. The van der Waals surface area contributed by atoms with Gasteiger partial charge in [0.05, 0.1) is 6.04 Å². The van der Waals surface area contributed by atoms with Crippen molar-refractivity contribution in [3.05, 3.63) is 71.3 Å². The summed E-state index contributed by atoms with van der Waals surface area (Å²) in [6, 6.07) is 16.9. The van der Waals surface area contributed by atoms with Crippen LogP contribution in [0.4, 0.5) is 0 Å². The zero-order valence-electron chi connectivity index (χ0n) is 11.9. The number of hydrogen-bond donors (Lipinski definition) is 0. The summed E-state index contributed by atoms with van der Waals surface area (Å²) in [5.74, 6) is -0.625. The molecule has 0 N–H and O–H groups in total. The number of rotatable bonds is 2. The van der Waals surface area contributed by atoms with E-state index in [-0.39, 0.29) is 30.4 Å². The van der Waals surface area contributed by atoms with Crippen molar-refractivity contribution in [3.63, 3.8) is 0 Å². The third-order valence-electron chi connectivity index (χ3n) is 4.42. The Bertz CT molecular complexity index is 741. The molecule has 4 heteroatoms. The van der Waals surface area contributed by atoms with Gasteiger partial charge in [-0.05, 0) is 17.2 Å². The van der Waals surface area contributed by atoms with Crippen LogP contribution in [-0.4, -0.2) is 29.4 Å². The molecule has 2 aromatic carbocycles. The van der Waals surface area contributed by atoms with E-state index in [4.69, 9.17) is 4.74 Å². The second-order valence-electron chi connectivity index (χ2n) is 5.68. The molecule has 2 unspecified atom stereocenters. The van der Waals surface area contributed by atoms with E-state index in [1.54, 1.807) is 11.0 Å². The van der Waals surface area contributed by atoms with E-state index in [0.29, 0.717) is 12.1 Å². The number of cyclic esters (lactones) is 1. The second kappa shape index (κ2) is 4.98. The Labute approximate surface area is 128 Å². The summed E-state index contributed by atoms with van der Waals surface area (Å²) in [5, 5.41) is 0. The smallest absolute Gasteiger partial charge is 0.315 e. The van der Waals surface area contributed by atoms with Crippen molar-refractivity contribution >= 4 is 11.9 Å². The van der Waals surface area contributed by atoms with Crippen LogP contribution >= 0.6 is 0 Å². The number of esters is 1. The van der Waals surface area contributed by atoms with Crippen molar-refractivity contribution in [3.8, 4) is 0 Å². The molecule has 2 aliphatic rings. The molecule has 2 heterocycles. The lowest BCUT2D eigenvalue weighted by Crippen LogP contribution is -2.47. The minimum atomic E-state index is -0.363. The zero-order chi connectivity index (χ0) is 15.1. The first kappa shape index (κ1) is 13.1. The first-order chi connectivity index (χ1) is 10.8. The number of benzene rings is 2. The van der Waals surface area contributed by atoms with E-state index in [0.717, 1.165) is 11.1 Å². The number of hydrogen-bond acceptors (Lipinski definition) is 3. The highest BCUT2D eigenvalue weighted by Gasteiger charge is 2.48. The Hall–Kier alpha value is -2.62. The third kappa shape index (κ3) is 1.91. The molecule has 4 rings (SSSR count). The predicted octanol–water partition coefficient (Wildman–Crippen LogP) is 2.35. The minimum Gasteiger partial charge on any atom is -0.463 e. The maximum absolute atomic E-state index is 12.8. The SMILES string of the molecule is O=C1OCC2C1c1ccccc1C(=O)N2Cc1ccccc1. The normalized spacial score (nSPS) is 23.0. The standard InChI is InChI=1S/C18H15NO3/c20-17-14-9-5-4-8-13(14)16-15(11-22-18(16)21)19(17)10-12-6-2-1-3-7-12/h1-9,15-16H,10-11H2. The van der Waals surface area contributed by atoms with Crippen LogP contribution in [0, 0.1) is 0 Å². The van der Waals surface area contributed by atoms with E-state index in [1.807, 2.05) is 48.5 Å². The number of fused-ring (bicyclic) bond motifs is 3. The van der Waals surface area contributed by atoms with Gasteiger partial charge in [-0.15, -0.1) is 0 Å². The van der Waals surface area contributed by atoms with Gasteiger partial charge in [-0.2, -0.15) is 0 Å². The first-order valence-electron chi connectivity index (χ1n) is 7.36. The quantitative estimate of drug-likeness (QED) is 0.799. The highest BCUT2D eigenvalue weighted by molar-refractivity contribution is 6.01. The molecule has 4 nitrogen and oxygen atoms in total.